The summed E-state index contributed by atoms with van der Waals surface area (Å²) in [5, 5.41) is 3.91. The minimum Gasteiger partial charge on any atom is -0.457 e. The Balaban J connectivity index is 2.21. The molecule has 2 N–H and O–H groups in total. The van der Waals surface area contributed by atoms with Crippen LogP contribution < -0.4 is 10.5 Å². The van der Waals surface area contributed by atoms with E-state index in [9.17, 15) is 0 Å². The Labute approximate surface area is 125 Å². The molecule has 2 aromatic rings. The summed E-state index contributed by atoms with van der Waals surface area (Å²) in [6.45, 7) is 5.84. The highest BCUT2D eigenvalue weighted by Crippen LogP contribution is 2.29. The van der Waals surface area contributed by atoms with Crippen LogP contribution in [0.5, 0.6) is 11.5 Å². The van der Waals surface area contributed by atoms with Crippen LogP contribution in [0.25, 0.3) is 0 Å². The van der Waals surface area contributed by atoms with E-state index < -0.39 is 0 Å². The molecule has 0 aliphatic rings. The number of benzene rings is 2. The van der Waals surface area contributed by atoms with Gasteiger partial charge in [0.1, 0.15) is 18.6 Å². The van der Waals surface area contributed by atoms with Gasteiger partial charge in [0.15, 0.2) is 0 Å². The molecule has 4 heteroatoms. The third-order valence-corrected chi connectivity index (χ3v) is 3.29. The first-order chi connectivity index (χ1) is 10.0. The van der Waals surface area contributed by atoms with Crippen molar-refractivity contribution in [1.29, 1.82) is 0 Å². The van der Waals surface area contributed by atoms with E-state index in [1.54, 1.807) is 0 Å². The van der Waals surface area contributed by atoms with Crippen molar-refractivity contribution in [2.45, 2.75) is 20.8 Å². The molecule has 0 atom stereocenters. The van der Waals surface area contributed by atoms with Gasteiger partial charge in [-0.2, -0.15) is 0 Å². The second kappa shape index (κ2) is 6.31. The van der Waals surface area contributed by atoms with Gasteiger partial charge in [-0.25, -0.2) is 0 Å². The van der Waals surface area contributed by atoms with Crippen molar-refractivity contribution >= 4 is 11.4 Å². The molecule has 0 saturated heterocycles. The van der Waals surface area contributed by atoms with E-state index in [0.717, 1.165) is 39.6 Å². The van der Waals surface area contributed by atoms with Crippen molar-refractivity contribution < 1.29 is 9.57 Å². The molecule has 0 aliphatic heterocycles. The summed E-state index contributed by atoms with van der Waals surface area (Å²) in [6.07, 6.45) is 0. The summed E-state index contributed by atoms with van der Waals surface area (Å²) in [6, 6.07) is 11.6. The second-order valence-corrected chi connectivity index (χ2v) is 4.96. The van der Waals surface area contributed by atoms with Crippen LogP contribution in [0.4, 0.5) is 5.69 Å². The first kappa shape index (κ1) is 14.9. The van der Waals surface area contributed by atoms with Crippen LogP contribution in [0.2, 0.25) is 0 Å². The number of anilines is 1. The number of oxime groups is 1. The van der Waals surface area contributed by atoms with E-state index in [0.29, 0.717) is 0 Å². The van der Waals surface area contributed by atoms with E-state index in [2.05, 4.69) is 5.16 Å². The van der Waals surface area contributed by atoms with Crippen molar-refractivity contribution in [3.63, 3.8) is 0 Å². The summed E-state index contributed by atoms with van der Waals surface area (Å²) in [4.78, 5) is 4.77. The molecule has 0 spiro atoms. The first-order valence-electron chi connectivity index (χ1n) is 6.74. The molecular weight excluding hydrogens is 264 g/mol. The maximum Gasteiger partial charge on any atom is 0.130 e. The molecule has 0 saturated carbocycles. The van der Waals surface area contributed by atoms with E-state index in [-0.39, 0.29) is 0 Å². The molecule has 0 amide bonds. The quantitative estimate of drug-likeness (QED) is 0.523. The zero-order valence-electron chi connectivity index (χ0n) is 12.8. The predicted molar refractivity (Wildman–Crippen MR) is 86.1 cm³/mol. The fourth-order valence-corrected chi connectivity index (χ4v) is 2.00. The van der Waals surface area contributed by atoms with Crippen LogP contribution in [0.1, 0.15) is 23.6 Å². The molecule has 110 valence electrons. The Kier molecular flexibility index (Phi) is 4.48. The van der Waals surface area contributed by atoms with E-state index >= 15 is 0 Å². The lowest BCUT2D eigenvalue weighted by molar-refractivity contribution is 0.213. The smallest absolute Gasteiger partial charge is 0.130 e. The van der Waals surface area contributed by atoms with Crippen molar-refractivity contribution in [3.8, 4) is 11.5 Å². The highest BCUT2D eigenvalue weighted by atomic mass is 16.6. The zero-order chi connectivity index (χ0) is 15.4. The topological polar surface area (TPSA) is 56.8 Å². The Morgan fingerprint density at radius 3 is 2.33 bits per heavy atom. The number of ether oxygens (including phenoxy) is 1. The van der Waals surface area contributed by atoms with Gasteiger partial charge in [-0.3, -0.25) is 0 Å². The fraction of sp³-hybridized carbons (Fsp3) is 0.235. The summed E-state index contributed by atoms with van der Waals surface area (Å²) >= 11 is 0. The van der Waals surface area contributed by atoms with E-state index in [4.69, 9.17) is 15.3 Å². The minimum absolute atomic E-state index is 0.774. The fourth-order valence-electron chi connectivity index (χ4n) is 2.00. The number of aryl methyl sites for hydroxylation is 2. The third kappa shape index (κ3) is 3.54. The van der Waals surface area contributed by atoms with Crippen molar-refractivity contribution in [1.82, 2.24) is 0 Å². The highest BCUT2D eigenvalue weighted by Gasteiger charge is 2.05. The minimum atomic E-state index is 0.774. The van der Waals surface area contributed by atoms with Crippen LogP contribution in [0.3, 0.4) is 0 Å². The molecule has 0 aromatic heterocycles. The number of rotatable bonds is 4. The molecule has 0 aliphatic carbocycles. The molecule has 0 radical (unpaired) electrons. The summed E-state index contributed by atoms with van der Waals surface area (Å²) < 4.78 is 5.91. The van der Waals surface area contributed by atoms with Gasteiger partial charge in [0.05, 0.1) is 5.71 Å². The molecule has 0 heterocycles. The van der Waals surface area contributed by atoms with Gasteiger partial charge in [0.25, 0.3) is 0 Å². The Bertz CT molecular complexity index is 661. The van der Waals surface area contributed by atoms with Crippen LogP contribution >= 0.6 is 0 Å². The molecule has 2 rings (SSSR count). The van der Waals surface area contributed by atoms with Gasteiger partial charge >= 0.3 is 0 Å². The molecular formula is C17H20N2O2. The van der Waals surface area contributed by atoms with Crippen molar-refractivity contribution in [2.24, 2.45) is 5.16 Å². The number of nitrogens with zero attached hydrogens (tertiary/aromatic N) is 1. The number of hydrogen-bond donors (Lipinski definition) is 1. The lowest BCUT2D eigenvalue weighted by Crippen LogP contribution is -1.96. The summed E-state index contributed by atoms with van der Waals surface area (Å²) in [5.41, 5.74) is 10.5. The van der Waals surface area contributed by atoms with Crippen LogP contribution in [-0.4, -0.2) is 12.8 Å². The molecule has 2 aromatic carbocycles. The molecule has 21 heavy (non-hydrogen) atoms. The van der Waals surface area contributed by atoms with Gasteiger partial charge in [-0.05, 0) is 73.9 Å². The number of nitrogen functional groups attached to an aromatic ring is 1. The van der Waals surface area contributed by atoms with Gasteiger partial charge in [-0.15, -0.1) is 0 Å². The molecule has 0 fully saturated rings. The van der Waals surface area contributed by atoms with Crippen molar-refractivity contribution in [3.05, 3.63) is 53.1 Å². The number of nitrogens with two attached hydrogens (primary N) is 1. The van der Waals surface area contributed by atoms with Gasteiger partial charge in [0, 0.05) is 5.69 Å². The zero-order valence-corrected chi connectivity index (χ0v) is 12.8. The average Bonchev–Trinajstić information content (AvgIpc) is 2.46. The SMILES string of the molecule is CO/N=C(\C)c1ccc(Oc2cc(C)c(N)cc2C)cc1. The van der Waals surface area contributed by atoms with Gasteiger partial charge in [-0.1, -0.05) is 5.16 Å². The standard InChI is InChI=1S/C17H20N2O2/c1-11-10-17(12(2)9-16(11)18)21-15-7-5-14(6-8-15)13(3)19-20-4/h5-10H,18H2,1-4H3/b19-13+. The Morgan fingerprint density at radius 2 is 1.71 bits per heavy atom. The summed E-state index contributed by atoms with van der Waals surface area (Å²) in [7, 11) is 1.53. The van der Waals surface area contributed by atoms with Crippen LogP contribution in [-0.2, 0) is 4.84 Å². The number of hydrogen-bond acceptors (Lipinski definition) is 4. The van der Waals surface area contributed by atoms with Crippen molar-refractivity contribution in [2.75, 3.05) is 12.8 Å². The predicted octanol–water partition coefficient (Wildman–Crippen LogP) is 4.05. The largest absolute Gasteiger partial charge is 0.457 e. The maximum atomic E-state index is 5.91. The van der Waals surface area contributed by atoms with Gasteiger partial charge in [0.2, 0.25) is 0 Å². The van der Waals surface area contributed by atoms with E-state index in [1.807, 2.05) is 57.2 Å². The summed E-state index contributed by atoms with van der Waals surface area (Å²) in [5.74, 6) is 1.59. The average molecular weight is 284 g/mol. The second-order valence-electron chi connectivity index (χ2n) is 4.96. The highest BCUT2D eigenvalue weighted by molar-refractivity contribution is 5.98. The monoisotopic (exact) mass is 284 g/mol. The van der Waals surface area contributed by atoms with Gasteiger partial charge < -0.3 is 15.3 Å². The lowest BCUT2D eigenvalue weighted by Gasteiger charge is -2.11. The first-order valence-corrected chi connectivity index (χ1v) is 6.74. The Morgan fingerprint density at radius 1 is 1.05 bits per heavy atom. The normalized spacial score (nSPS) is 11.3. The molecule has 4 nitrogen and oxygen atoms in total. The third-order valence-electron chi connectivity index (χ3n) is 3.29. The Hall–Kier alpha value is -2.49. The lowest BCUT2D eigenvalue weighted by atomic mass is 10.1. The van der Waals surface area contributed by atoms with E-state index in [1.165, 1.54) is 7.11 Å². The molecule has 0 bridgehead atoms. The van der Waals surface area contributed by atoms with Crippen LogP contribution in [0, 0.1) is 13.8 Å². The molecule has 0 unspecified atom stereocenters. The maximum absolute atomic E-state index is 5.91. The van der Waals surface area contributed by atoms with Crippen LogP contribution in [0.15, 0.2) is 41.6 Å².